The molecule has 1 fully saturated rings. The molecule has 0 radical (unpaired) electrons. The van der Waals surface area contributed by atoms with Crippen LogP contribution in [0.5, 0.6) is 11.5 Å². The Kier molecular flexibility index (Phi) is 3.19. The van der Waals surface area contributed by atoms with E-state index < -0.39 is 5.60 Å². The summed E-state index contributed by atoms with van der Waals surface area (Å²) in [4.78, 5) is 12.4. The molecule has 0 atom stereocenters. The Hall–Kier alpha value is -1.55. The van der Waals surface area contributed by atoms with Crippen LogP contribution in [0.3, 0.4) is 0 Å². The van der Waals surface area contributed by atoms with Gasteiger partial charge in [-0.1, -0.05) is 0 Å². The quantitative estimate of drug-likeness (QED) is 0.831. The van der Waals surface area contributed by atoms with Gasteiger partial charge in [-0.05, 0) is 43.9 Å². The number of ketones is 1. The molecule has 2 aliphatic rings. The van der Waals surface area contributed by atoms with E-state index in [4.69, 9.17) is 9.47 Å². The number of ether oxygens (including phenoxy) is 2. The highest BCUT2D eigenvalue weighted by molar-refractivity contribution is 6.03. The molecule has 0 unspecified atom stereocenters. The summed E-state index contributed by atoms with van der Waals surface area (Å²) in [6, 6.07) is 5.16. The van der Waals surface area contributed by atoms with Gasteiger partial charge in [0.15, 0.2) is 17.3 Å². The third-order valence-corrected chi connectivity index (χ3v) is 3.86. The Balaban J connectivity index is 1.89. The summed E-state index contributed by atoms with van der Waals surface area (Å²) in [7, 11) is 0. The first-order valence-electron chi connectivity index (χ1n) is 6.86. The largest absolute Gasteiger partial charge is 0.490 e. The van der Waals surface area contributed by atoms with Crippen molar-refractivity contribution in [3.63, 3.8) is 0 Å². The molecule has 3 rings (SSSR count). The molecule has 4 heteroatoms. The lowest BCUT2D eigenvalue weighted by molar-refractivity contribution is 0.0353. The number of fused-ring (bicyclic) bond motifs is 1. The number of benzene rings is 1. The SMILES string of the molecule is O=C(c1ccc2c(c1)OCCCO2)C1(O)CCCC1. The summed E-state index contributed by atoms with van der Waals surface area (Å²) in [5.74, 6) is 1.08. The van der Waals surface area contributed by atoms with Crippen LogP contribution >= 0.6 is 0 Å². The zero-order valence-corrected chi connectivity index (χ0v) is 10.9. The second kappa shape index (κ2) is 4.85. The number of carbonyl (C=O) groups excluding carboxylic acids is 1. The van der Waals surface area contributed by atoms with E-state index in [0.717, 1.165) is 19.3 Å². The molecule has 4 nitrogen and oxygen atoms in total. The van der Waals surface area contributed by atoms with Crippen molar-refractivity contribution < 1.29 is 19.4 Å². The van der Waals surface area contributed by atoms with E-state index in [-0.39, 0.29) is 5.78 Å². The minimum Gasteiger partial charge on any atom is -0.490 e. The monoisotopic (exact) mass is 262 g/mol. The molecule has 19 heavy (non-hydrogen) atoms. The molecule has 1 aromatic carbocycles. The van der Waals surface area contributed by atoms with Gasteiger partial charge in [-0.15, -0.1) is 0 Å². The van der Waals surface area contributed by atoms with Gasteiger partial charge < -0.3 is 14.6 Å². The minimum absolute atomic E-state index is 0.194. The highest BCUT2D eigenvalue weighted by Crippen LogP contribution is 2.36. The summed E-state index contributed by atoms with van der Waals surface area (Å²) < 4.78 is 11.1. The molecular weight excluding hydrogens is 244 g/mol. The molecule has 1 aliphatic carbocycles. The van der Waals surface area contributed by atoms with Crippen molar-refractivity contribution >= 4 is 5.78 Å². The number of Topliss-reactive ketones (excluding diaryl/α,β-unsaturated/α-hetero) is 1. The van der Waals surface area contributed by atoms with E-state index >= 15 is 0 Å². The smallest absolute Gasteiger partial charge is 0.194 e. The van der Waals surface area contributed by atoms with Gasteiger partial charge in [0.25, 0.3) is 0 Å². The maximum Gasteiger partial charge on any atom is 0.194 e. The van der Waals surface area contributed by atoms with Crippen molar-refractivity contribution in [3.8, 4) is 11.5 Å². The maximum absolute atomic E-state index is 12.4. The maximum atomic E-state index is 12.4. The van der Waals surface area contributed by atoms with E-state index in [0.29, 0.717) is 43.1 Å². The van der Waals surface area contributed by atoms with Crippen LogP contribution in [-0.4, -0.2) is 29.7 Å². The van der Waals surface area contributed by atoms with Crippen LogP contribution in [0.2, 0.25) is 0 Å². The van der Waals surface area contributed by atoms with Crippen molar-refractivity contribution in [2.75, 3.05) is 13.2 Å². The fourth-order valence-electron chi connectivity index (χ4n) is 2.76. The summed E-state index contributed by atoms with van der Waals surface area (Å²) in [5.41, 5.74) is -0.673. The van der Waals surface area contributed by atoms with Gasteiger partial charge in [-0.2, -0.15) is 0 Å². The van der Waals surface area contributed by atoms with E-state index in [1.165, 1.54) is 0 Å². The van der Waals surface area contributed by atoms with Crippen LogP contribution in [-0.2, 0) is 0 Å². The van der Waals surface area contributed by atoms with Gasteiger partial charge in [0.05, 0.1) is 13.2 Å². The fourth-order valence-corrected chi connectivity index (χ4v) is 2.76. The normalized spacial score (nSPS) is 20.9. The molecule has 0 bridgehead atoms. The van der Waals surface area contributed by atoms with Crippen molar-refractivity contribution in [1.82, 2.24) is 0 Å². The lowest BCUT2D eigenvalue weighted by atomic mass is 9.91. The number of hydrogen-bond donors (Lipinski definition) is 1. The number of aliphatic hydroxyl groups is 1. The van der Waals surface area contributed by atoms with E-state index in [2.05, 4.69) is 0 Å². The Morgan fingerprint density at radius 2 is 1.74 bits per heavy atom. The molecule has 1 saturated carbocycles. The third-order valence-electron chi connectivity index (χ3n) is 3.86. The van der Waals surface area contributed by atoms with Crippen LogP contribution in [0.4, 0.5) is 0 Å². The van der Waals surface area contributed by atoms with E-state index in [9.17, 15) is 9.90 Å². The standard InChI is InChI=1S/C15H18O4/c16-14(15(17)6-1-2-7-15)11-4-5-12-13(10-11)19-9-3-8-18-12/h4-5,10,17H,1-3,6-9H2. The van der Waals surface area contributed by atoms with Crippen molar-refractivity contribution in [2.24, 2.45) is 0 Å². The second-order valence-corrected chi connectivity index (χ2v) is 5.28. The average molecular weight is 262 g/mol. The van der Waals surface area contributed by atoms with Gasteiger partial charge in [-0.25, -0.2) is 0 Å². The summed E-state index contributed by atoms with van der Waals surface area (Å²) in [5, 5.41) is 10.4. The number of carbonyl (C=O) groups is 1. The van der Waals surface area contributed by atoms with Gasteiger partial charge in [-0.3, -0.25) is 4.79 Å². The number of hydrogen-bond acceptors (Lipinski definition) is 4. The van der Waals surface area contributed by atoms with Crippen LogP contribution in [0, 0.1) is 0 Å². The lowest BCUT2D eigenvalue weighted by Gasteiger charge is -2.20. The van der Waals surface area contributed by atoms with Gasteiger partial charge >= 0.3 is 0 Å². The van der Waals surface area contributed by atoms with Crippen LogP contribution in [0.15, 0.2) is 18.2 Å². The molecule has 1 N–H and O–H groups in total. The molecular formula is C15H18O4. The Bertz CT molecular complexity index is 489. The first kappa shape index (κ1) is 12.5. The summed E-state index contributed by atoms with van der Waals surface area (Å²) in [6.07, 6.45) is 3.77. The van der Waals surface area contributed by atoms with Crippen LogP contribution in [0.1, 0.15) is 42.5 Å². The summed E-state index contributed by atoms with van der Waals surface area (Å²) >= 11 is 0. The minimum atomic E-state index is -1.18. The van der Waals surface area contributed by atoms with Crippen LogP contribution in [0.25, 0.3) is 0 Å². The molecule has 0 aromatic heterocycles. The molecule has 0 spiro atoms. The summed E-state index contributed by atoms with van der Waals surface area (Å²) in [6.45, 7) is 1.22. The number of rotatable bonds is 2. The zero-order chi connectivity index (χ0) is 13.3. The fraction of sp³-hybridized carbons (Fsp3) is 0.533. The molecule has 1 aromatic rings. The second-order valence-electron chi connectivity index (χ2n) is 5.28. The third kappa shape index (κ3) is 2.32. The highest BCUT2D eigenvalue weighted by atomic mass is 16.5. The van der Waals surface area contributed by atoms with Gasteiger partial charge in [0.2, 0.25) is 0 Å². The van der Waals surface area contributed by atoms with Gasteiger partial charge in [0.1, 0.15) is 5.60 Å². The van der Waals surface area contributed by atoms with Gasteiger partial charge in [0, 0.05) is 12.0 Å². The van der Waals surface area contributed by atoms with Crippen LogP contribution < -0.4 is 9.47 Å². The molecule has 0 saturated heterocycles. The lowest BCUT2D eigenvalue weighted by Crippen LogP contribution is -2.35. The van der Waals surface area contributed by atoms with E-state index in [1.807, 2.05) is 0 Å². The predicted octanol–water partition coefficient (Wildman–Crippen LogP) is 2.34. The van der Waals surface area contributed by atoms with Crippen molar-refractivity contribution in [3.05, 3.63) is 23.8 Å². The first-order valence-corrected chi connectivity index (χ1v) is 6.86. The molecule has 1 aliphatic heterocycles. The highest BCUT2D eigenvalue weighted by Gasteiger charge is 2.39. The Morgan fingerprint density at radius 3 is 2.47 bits per heavy atom. The molecule has 0 amide bonds. The Labute approximate surface area is 112 Å². The topological polar surface area (TPSA) is 55.8 Å². The molecule has 1 heterocycles. The Morgan fingerprint density at radius 1 is 1.05 bits per heavy atom. The predicted molar refractivity (Wildman–Crippen MR) is 69.8 cm³/mol. The molecule has 102 valence electrons. The van der Waals surface area contributed by atoms with Crippen molar-refractivity contribution in [2.45, 2.75) is 37.7 Å². The van der Waals surface area contributed by atoms with Crippen molar-refractivity contribution in [1.29, 1.82) is 0 Å². The average Bonchev–Trinajstić information content (AvgIpc) is 2.74. The zero-order valence-electron chi connectivity index (χ0n) is 10.9. The van der Waals surface area contributed by atoms with E-state index in [1.54, 1.807) is 18.2 Å². The first-order chi connectivity index (χ1) is 9.19.